The molecule has 0 saturated carbocycles. The fourth-order valence-electron chi connectivity index (χ4n) is 0.905. The summed E-state index contributed by atoms with van der Waals surface area (Å²) in [7, 11) is 4.33. The van der Waals surface area contributed by atoms with Crippen molar-refractivity contribution in [2.45, 2.75) is 19.8 Å². The Labute approximate surface area is 82.2 Å². The van der Waals surface area contributed by atoms with Gasteiger partial charge in [-0.3, -0.25) is 4.48 Å². The molecule has 0 aliphatic rings. The quantitative estimate of drug-likeness (QED) is 0.298. The second-order valence-corrected chi connectivity index (χ2v) is 3.48. The Kier molecular flexibility index (Phi) is 8.88. The minimum absolute atomic E-state index is 0. The van der Waals surface area contributed by atoms with Crippen molar-refractivity contribution in [1.29, 1.82) is 0 Å². The molecular weight excluding hydrogens is 174 g/mol. The van der Waals surface area contributed by atoms with Gasteiger partial charge in [-0.05, 0) is 6.42 Å². The van der Waals surface area contributed by atoms with Crippen molar-refractivity contribution in [1.82, 2.24) is 0 Å². The highest BCUT2D eigenvalue weighted by Crippen LogP contribution is 2.01. The molecule has 0 N–H and O–H groups in total. The first-order valence-electron chi connectivity index (χ1n) is 4.17. The Hall–Kier alpha value is -0.210. The summed E-state index contributed by atoms with van der Waals surface area (Å²) in [6, 6.07) is 0. The molecule has 0 aromatic rings. The third-order valence-electron chi connectivity index (χ3n) is 1.66. The van der Waals surface area contributed by atoms with Crippen molar-refractivity contribution in [2.75, 3.05) is 27.4 Å². The summed E-state index contributed by atoms with van der Waals surface area (Å²) in [5.41, 5.74) is 0. The molecule has 0 atom stereocenters. The first-order chi connectivity index (χ1) is 5.12. The Morgan fingerprint density at radius 2 is 2.00 bits per heavy atom. The maximum absolute atomic E-state index is 5.13. The summed E-state index contributed by atoms with van der Waals surface area (Å²) in [6.07, 6.45) is 4.01. The van der Waals surface area contributed by atoms with Gasteiger partial charge in [0.05, 0.1) is 26.9 Å². The molecule has 0 saturated heterocycles. The van der Waals surface area contributed by atoms with Crippen LogP contribution in [0.15, 0.2) is 12.8 Å². The number of nitrogens with zero attached hydrogens (tertiary/aromatic N) is 1. The van der Waals surface area contributed by atoms with E-state index in [4.69, 9.17) is 4.74 Å². The van der Waals surface area contributed by atoms with E-state index in [9.17, 15) is 0 Å². The largest absolute Gasteiger partial charge is 1.00 e. The number of hydrogen-bond acceptors (Lipinski definition) is 1. The van der Waals surface area contributed by atoms with Gasteiger partial charge in [-0.25, -0.2) is 0 Å². The van der Waals surface area contributed by atoms with Gasteiger partial charge in [-0.2, -0.15) is 0 Å². The van der Waals surface area contributed by atoms with Crippen LogP contribution in [0.4, 0.5) is 0 Å². The van der Waals surface area contributed by atoms with Crippen LogP contribution in [-0.2, 0) is 4.74 Å². The molecule has 0 aromatic heterocycles. The second kappa shape index (κ2) is 7.44. The van der Waals surface area contributed by atoms with Crippen LogP contribution in [0.1, 0.15) is 19.8 Å². The highest BCUT2D eigenvalue weighted by Gasteiger charge is 2.12. The topological polar surface area (TPSA) is 9.23 Å². The maximum atomic E-state index is 5.13. The molecule has 0 unspecified atom stereocenters. The number of quaternary nitrogens is 1. The molecule has 0 radical (unpaired) electrons. The van der Waals surface area contributed by atoms with Crippen LogP contribution in [0.2, 0.25) is 0 Å². The number of rotatable bonds is 6. The Morgan fingerprint density at radius 3 is 2.42 bits per heavy atom. The highest BCUT2D eigenvalue weighted by atomic mass is 35.5. The second-order valence-electron chi connectivity index (χ2n) is 3.48. The molecular formula is C9H20ClNO. The zero-order chi connectivity index (χ0) is 8.74. The lowest BCUT2D eigenvalue weighted by atomic mass is 10.3. The van der Waals surface area contributed by atoms with Crippen molar-refractivity contribution in [3.05, 3.63) is 12.8 Å². The maximum Gasteiger partial charge on any atom is 0.222 e. The van der Waals surface area contributed by atoms with Crippen LogP contribution >= 0.6 is 0 Å². The van der Waals surface area contributed by atoms with Crippen LogP contribution in [0.25, 0.3) is 0 Å². The van der Waals surface area contributed by atoms with E-state index in [2.05, 4.69) is 27.6 Å². The molecule has 0 aromatic carbocycles. The molecule has 2 nitrogen and oxygen atoms in total. The third kappa shape index (κ3) is 7.89. The summed E-state index contributed by atoms with van der Waals surface area (Å²) < 4.78 is 6.05. The summed E-state index contributed by atoms with van der Waals surface area (Å²) in [5.74, 6) is 0. The normalized spacial score (nSPS) is 10.2. The molecule has 0 heterocycles. The van der Waals surface area contributed by atoms with Gasteiger partial charge in [-0.1, -0.05) is 19.9 Å². The van der Waals surface area contributed by atoms with Crippen LogP contribution in [0, 0.1) is 0 Å². The molecule has 12 heavy (non-hydrogen) atoms. The fourth-order valence-corrected chi connectivity index (χ4v) is 0.905. The van der Waals surface area contributed by atoms with Crippen molar-refractivity contribution < 1.29 is 21.6 Å². The monoisotopic (exact) mass is 193 g/mol. The van der Waals surface area contributed by atoms with Crippen molar-refractivity contribution in [3.63, 3.8) is 0 Å². The van der Waals surface area contributed by atoms with Gasteiger partial charge in [0.1, 0.15) is 0 Å². The van der Waals surface area contributed by atoms with Crippen molar-refractivity contribution in [3.8, 4) is 0 Å². The minimum atomic E-state index is 0. The van der Waals surface area contributed by atoms with Gasteiger partial charge in [0.2, 0.25) is 6.73 Å². The molecule has 3 heteroatoms. The van der Waals surface area contributed by atoms with Crippen LogP contribution < -0.4 is 12.4 Å². The molecule has 74 valence electrons. The molecule has 0 amide bonds. The number of halogens is 1. The highest BCUT2D eigenvalue weighted by molar-refractivity contribution is 4.45. The summed E-state index contributed by atoms with van der Waals surface area (Å²) in [4.78, 5) is 0. The molecule has 0 aliphatic carbocycles. The first kappa shape index (κ1) is 14.3. The van der Waals surface area contributed by atoms with Gasteiger partial charge >= 0.3 is 0 Å². The standard InChI is InChI=1S/C9H20NO.ClH/c1-5-7-8-10(3,4)9-11-6-2;/h6H,2,5,7-9H2,1,3-4H3;1H/q+1;/p-1. The summed E-state index contributed by atoms with van der Waals surface area (Å²) in [5, 5.41) is 0. The lowest BCUT2D eigenvalue weighted by Gasteiger charge is -2.28. The third-order valence-corrected chi connectivity index (χ3v) is 1.66. The van der Waals surface area contributed by atoms with E-state index < -0.39 is 0 Å². The number of unbranched alkanes of at least 4 members (excludes halogenated alkanes) is 1. The molecule has 0 aliphatic heterocycles. The lowest BCUT2D eigenvalue weighted by molar-refractivity contribution is -0.908. The molecule has 0 fully saturated rings. The van der Waals surface area contributed by atoms with Crippen LogP contribution in [-0.4, -0.2) is 31.9 Å². The summed E-state index contributed by atoms with van der Waals surface area (Å²) >= 11 is 0. The number of ether oxygens (including phenoxy) is 1. The van der Waals surface area contributed by atoms with E-state index in [1.807, 2.05) is 0 Å². The van der Waals surface area contributed by atoms with Gasteiger partial charge in [0, 0.05) is 0 Å². The zero-order valence-electron chi connectivity index (χ0n) is 8.35. The summed E-state index contributed by atoms with van der Waals surface area (Å²) in [6.45, 7) is 7.61. The van der Waals surface area contributed by atoms with Crippen LogP contribution in [0.3, 0.4) is 0 Å². The Bertz CT molecular complexity index is 115. The van der Waals surface area contributed by atoms with Gasteiger partial charge in [-0.15, -0.1) is 0 Å². The predicted molar refractivity (Wildman–Crippen MR) is 48.0 cm³/mol. The zero-order valence-corrected chi connectivity index (χ0v) is 9.10. The van der Waals surface area contributed by atoms with E-state index in [0.717, 1.165) is 11.2 Å². The van der Waals surface area contributed by atoms with E-state index in [1.165, 1.54) is 25.6 Å². The van der Waals surface area contributed by atoms with E-state index in [-0.39, 0.29) is 12.4 Å². The smallest absolute Gasteiger partial charge is 0.222 e. The van der Waals surface area contributed by atoms with E-state index in [1.54, 1.807) is 0 Å². The fraction of sp³-hybridized carbons (Fsp3) is 0.778. The molecule has 0 bridgehead atoms. The van der Waals surface area contributed by atoms with Crippen molar-refractivity contribution in [2.24, 2.45) is 0 Å². The van der Waals surface area contributed by atoms with Gasteiger partial charge < -0.3 is 17.1 Å². The Balaban J connectivity index is 0. The molecule has 0 spiro atoms. The van der Waals surface area contributed by atoms with Crippen molar-refractivity contribution >= 4 is 0 Å². The van der Waals surface area contributed by atoms with Crippen LogP contribution in [0.5, 0.6) is 0 Å². The Morgan fingerprint density at radius 1 is 1.42 bits per heavy atom. The SMILES string of the molecule is C=COC[N+](C)(C)CCCC.[Cl-]. The first-order valence-corrected chi connectivity index (χ1v) is 4.17. The van der Waals surface area contributed by atoms with Gasteiger partial charge in [0.15, 0.2) is 0 Å². The van der Waals surface area contributed by atoms with E-state index in [0.29, 0.717) is 0 Å². The number of hydrogen-bond donors (Lipinski definition) is 0. The average Bonchev–Trinajstić information content (AvgIpc) is 1.97. The molecule has 0 rings (SSSR count). The van der Waals surface area contributed by atoms with E-state index >= 15 is 0 Å². The lowest BCUT2D eigenvalue weighted by Crippen LogP contribution is -3.00. The predicted octanol–water partition coefficient (Wildman–Crippen LogP) is -1.02. The average molecular weight is 194 g/mol. The van der Waals surface area contributed by atoms with Gasteiger partial charge in [0.25, 0.3) is 0 Å². The minimum Gasteiger partial charge on any atom is -1.00 e.